The van der Waals surface area contributed by atoms with Crippen molar-refractivity contribution in [3.05, 3.63) is 42.0 Å². The van der Waals surface area contributed by atoms with Gasteiger partial charge in [-0.1, -0.05) is 11.3 Å². The summed E-state index contributed by atoms with van der Waals surface area (Å²) in [4.78, 5) is 35.4. The second-order valence-electron chi connectivity index (χ2n) is 9.76. The molecule has 2 N–H and O–H groups in total. The average molecular weight is 538 g/mol. The van der Waals surface area contributed by atoms with Crippen LogP contribution in [0.1, 0.15) is 41.9 Å². The molecule has 1 amide bonds. The number of alkyl halides is 1. The van der Waals surface area contributed by atoms with Gasteiger partial charge in [0, 0.05) is 43.6 Å². The number of pyridine rings is 2. The molecule has 2 saturated heterocycles. The number of carbonyl (C=O) groups is 1. The largest absolute Gasteiger partial charge is 0.444 e. The third kappa shape index (κ3) is 5.05. The number of nitrogens with zero attached hydrogens (tertiary/aromatic N) is 6. The van der Waals surface area contributed by atoms with Gasteiger partial charge in [0.25, 0.3) is 5.91 Å². The number of amides is 1. The first-order chi connectivity index (χ1) is 18.4. The molecule has 198 valence electrons. The van der Waals surface area contributed by atoms with Crippen LogP contribution in [0.25, 0.3) is 21.8 Å². The van der Waals surface area contributed by atoms with Crippen molar-refractivity contribution in [2.45, 2.75) is 44.9 Å². The second-order valence-corrected chi connectivity index (χ2v) is 10.8. The number of aliphatic hydroxyl groups excluding tert-OH is 1. The fraction of sp³-hybridized carbons (Fsp3) is 0.423. The van der Waals surface area contributed by atoms with Gasteiger partial charge in [0.15, 0.2) is 22.3 Å². The fourth-order valence-electron chi connectivity index (χ4n) is 4.87. The van der Waals surface area contributed by atoms with Gasteiger partial charge in [-0.15, -0.1) is 0 Å². The van der Waals surface area contributed by atoms with Crippen LogP contribution >= 0.6 is 11.3 Å². The summed E-state index contributed by atoms with van der Waals surface area (Å²) < 4.78 is 20.3. The molecule has 10 nitrogen and oxygen atoms in total. The van der Waals surface area contributed by atoms with E-state index in [1.165, 1.54) is 17.6 Å². The number of aryl methyl sites for hydroxylation is 1. The Labute approximate surface area is 222 Å². The van der Waals surface area contributed by atoms with Gasteiger partial charge >= 0.3 is 0 Å². The standard InChI is InChI=1S/C26H28FN7O3S/c1-15-11-16(4-7-28-15)25-30-20(14-37-25)24(36)29-19-12-21-22(31-23(19)33-9-5-17(27)6-10-33)32-26(38-21)34-8-2-3-18(35)13-34/h4,7,11-12,14,17-18,35H,2-3,5-6,8-10,13H2,1H3,(H,29,36). The molecule has 0 aliphatic carbocycles. The Bertz CT molecular complexity index is 1470. The number of hydrogen-bond donors (Lipinski definition) is 2. The van der Waals surface area contributed by atoms with Gasteiger partial charge in [0.1, 0.15) is 12.4 Å². The lowest BCUT2D eigenvalue weighted by Crippen LogP contribution is -2.38. The number of fused-ring (bicyclic) bond motifs is 1. The highest BCUT2D eigenvalue weighted by molar-refractivity contribution is 7.22. The molecule has 4 aromatic heterocycles. The average Bonchev–Trinajstić information content (AvgIpc) is 3.57. The van der Waals surface area contributed by atoms with E-state index in [9.17, 15) is 14.3 Å². The summed E-state index contributed by atoms with van der Waals surface area (Å²) in [6, 6.07) is 5.47. The number of nitrogens with one attached hydrogen (secondary N) is 1. The quantitative estimate of drug-likeness (QED) is 0.386. The van der Waals surface area contributed by atoms with Crippen LogP contribution in [-0.2, 0) is 0 Å². The zero-order valence-electron chi connectivity index (χ0n) is 20.9. The molecule has 6 rings (SSSR count). The smallest absolute Gasteiger partial charge is 0.277 e. The Balaban J connectivity index is 1.31. The van der Waals surface area contributed by atoms with Crippen LogP contribution in [0.2, 0.25) is 0 Å². The maximum atomic E-state index is 13.9. The van der Waals surface area contributed by atoms with Crippen LogP contribution in [-0.4, -0.2) is 69.4 Å². The number of thiazole rings is 1. The molecule has 6 heterocycles. The van der Waals surface area contributed by atoms with Crippen molar-refractivity contribution < 1.29 is 18.7 Å². The van der Waals surface area contributed by atoms with Crippen molar-refractivity contribution in [3.63, 3.8) is 0 Å². The Morgan fingerprint density at radius 3 is 2.79 bits per heavy atom. The molecule has 0 radical (unpaired) electrons. The first kappa shape index (κ1) is 24.7. The minimum Gasteiger partial charge on any atom is -0.444 e. The van der Waals surface area contributed by atoms with Crippen molar-refractivity contribution >= 4 is 44.2 Å². The number of aliphatic hydroxyl groups is 1. The maximum absolute atomic E-state index is 13.9. The number of anilines is 3. The van der Waals surface area contributed by atoms with Gasteiger partial charge in [-0.3, -0.25) is 9.78 Å². The van der Waals surface area contributed by atoms with Crippen molar-refractivity contribution in [3.8, 4) is 11.5 Å². The van der Waals surface area contributed by atoms with Crippen molar-refractivity contribution in [1.82, 2.24) is 19.9 Å². The van der Waals surface area contributed by atoms with E-state index in [4.69, 9.17) is 14.4 Å². The summed E-state index contributed by atoms with van der Waals surface area (Å²) in [5.74, 6) is 0.453. The molecule has 0 saturated carbocycles. The summed E-state index contributed by atoms with van der Waals surface area (Å²) in [6.07, 6.45) is 4.26. The molecule has 2 fully saturated rings. The summed E-state index contributed by atoms with van der Waals surface area (Å²) >= 11 is 1.47. The third-order valence-electron chi connectivity index (χ3n) is 6.87. The van der Waals surface area contributed by atoms with Gasteiger partial charge in [0.2, 0.25) is 5.89 Å². The SMILES string of the molecule is Cc1cc(-c2nc(C(=O)Nc3cc4sc(N5CCCC(O)C5)nc4nc3N3CCC(F)CC3)co2)ccn1. The minimum absolute atomic E-state index is 0.135. The number of β-amino-alcohol motifs (C(OH)–C–C–N with tert-alkyl or cyclic N) is 1. The van der Waals surface area contributed by atoms with E-state index < -0.39 is 12.1 Å². The topological polar surface area (TPSA) is 121 Å². The number of hydrogen-bond acceptors (Lipinski definition) is 10. The molecular formula is C26H28FN7O3S. The minimum atomic E-state index is -0.838. The van der Waals surface area contributed by atoms with Gasteiger partial charge in [-0.25, -0.2) is 14.4 Å². The van der Waals surface area contributed by atoms with Crippen molar-refractivity contribution in [2.75, 3.05) is 41.3 Å². The van der Waals surface area contributed by atoms with Gasteiger partial charge in [0.05, 0.1) is 16.5 Å². The lowest BCUT2D eigenvalue weighted by molar-refractivity contribution is 0.102. The summed E-state index contributed by atoms with van der Waals surface area (Å²) in [6.45, 7) is 4.21. The molecule has 4 aromatic rings. The van der Waals surface area contributed by atoms with E-state index in [2.05, 4.69) is 20.2 Å². The molecule has 12 heteroatoms. The molecule has 0 bridgehead atoms. The predicted octanol–water partition coefficient (Wildman–Crippen LogP) is 4.20. The van der Waals surface area contributed by atoms with Gasteiger partial charge < -0.3 is 24.6 Å². The van der Waals surface area contributed by atoms with Crippen molar-refractivity contribution in [1.29, 1.82) is 0 Å². The number of rotatable bonds is 5. The third-order valence-corrected chi connectivity index (χ3v) is 7.92. The molecule has 2 aliphatic rings. The Hall–Kier alpha value is -3.64. The monoisotopic (exact) mass is 537 g/mol. The van der Waals surface area contributed by atoms with E-state index in [-0.39, 0.29) is 11.8 Å². The van der Waals surface area contributed by atoms with Crippen LogP contribution in [0.5, 0.6) is 0 Å². The normalized spacial score (nSPS) is 18.8. The molecule has 1 atom stereocenters. The highest BCUT2D eigenvalue weighted by atomic mass is 32.1. The number of piperidine rings is 2. The first-order valence-corrected chi connectivity index (χ1v) is 13.6. The van der Waals surface area contributed by atoms with E-state index in [1.54, 1.807) is 12.3 Å². The number of oxazole rings is 1. The molecule has 2 aliphatic heterocycles. The van der Waals surface area contributed by atoms with Gasteiger partial charge in [-0.2, -0.15) is 4.98 Å². The Morgan fingerprint density at radius 2 is 2.00 bits per heavy atom. The highest BCUT2D eigenvalue weighted by Gasteiger charge is 2.26. The van der Waals surface area contributed by atoms with Crippen LogP contribution in [0, 0.1) is 6.92 Å². The van der Waals surface area contributed by atoms with Crippen LogP contribution in [0.4, 0.5) is 21.0 Å². The van der Waals surface area contributed by atoms with E-state index in [1.807, 2.05) is 24.0 Å². The number of halogens is 1. The van der Waals surface area contributed by atoms with Crippen LogP contribution < -0.4 is 15.1 Å². The van der Waals surface area contributed by atoms with E-state index in [0.717, 1.165) is 40.5 Å². The summed E-state index contributed by atoms with van der Waals surface area (Å²) in [7, 11) is 0. The number of carbonyl (C=O) groups excluding carboxylic acids is 1. The van der Waals surface area contributed by atoms with E-state index >= 15 is 0 Å². The zero-order chi connectivity index (χ0) is 26.2. The molecule has 1 unspecified atom stereocenters. The Kier molecular flexibility index (Phi) is 6.66. The number of aromatic nitrogens is 4. The zero-order valence-corrected chi connectivity index (χ0v) is 21.7. The van der Waals surface area contributed by atoms with Crippen molar-refractivity contribution in [2.24, 2.45) is 0 Å². The first-order valence-electron chi connectivity index (χ1n) is 12.8. The molecule has 0 aromatic carbocycles. The lowest BCUT2D eigenvalue weighted by Gasteiger charge is -2.30. The Morgan fingerprint density at radius 1 is 1.16 bits per heavy atom. The van der Waals surface area contributed by atoms with E-state index in [0.29, 0.717) is 55.5 Å². The molecule has 38 heavy (non-hydrogen) atoms. The van der Waals surface area contributed by atoms with Crippen LogP contribution in [0.3, 0.4) is 0 Å². The van der Waals surface area contributed by atoms with Crippen LogP contribution in [0.15, 0.2) is 35.1 Å². The fourth-order valence-corrected chi connectivity index (χ4v) is 5.86. The lowest BCUT2D eigenvalue weighted by atomic mass is 10.1. The molecular weight excluding hydrogens is 509 g/mol. The van der Waals surface area contributed by atoms with Gasteiger partial charge in [-0.05, 0) is 50.8 Å². The second kappa shape index (κ2) is 10.3. The summed E-state index contributed by atoms with van der Waals surface area (Å²) in [5, 5.41) is 13.9. The maximum Gasteiger partial charge on any atom is 0.277 e. The molecule has 0 spiro atoms. The summed E-state index contributed by atoms with van der Waals surface area (Å²) in [5.41, 5.74) is 2.76. The predicted molar refractivity (Wildman–Crippen MR) is 144 cm³/mol. The highest BCUT2D eigenvalue weighted by Crippen LogP contribution is 2.36.